The Hall–Kier alpha value is -2.08. The van der Waals surface area contributed by atoms with Crippen molar-refractivity contribution in [2.45, 2.75) is 31.1 Å². The number of nitrogens with two attached hydrogens (primary N) is 2. The third kappa shape index (κ3) is 8.44. The average Bonchev–Trinajstić information content (AvgIpc) is 3.10. The quantitative estimate of drug-likeness (QED) is 0.367. The maximum atomic E-state index is 12.2. The summed E-state index contributed by atoms with van der Waals surface area (Å²) in [4.78, 5) is 35.6. The van der Waals surface area contributed by atoms with E-state index in [1.807, 2.05) is 4.90 Å². The van der Waals surface area contributed by atoms with Gasteiger partial charge < -0.3 is 15.7 Å². The number of thioether (sulfide) groups is 1. The lowest BCUT2D eigenvalue weighted by molar-refractivity contribution is -0.192. The largest absolute Gasteiger partial charge is 0.490 e. The molecular formula is C15H23F3N6O4S. The number of carboxylic acids is 1. The first kappa shape index (κ1) is 25.0. The molecule has 0 bridgehead atoms. The fourth-order valence-electron chi connectivity index (χ4n) is 2.80. The van der Waals surface area contributed by atoms with Gasteiger partial charge >= 0.3 is 12.1 Å². The van der Waals surface area contributed by atoms with Crippen molar-refractivity contribution in [2.75, 3.05) is 37.8 Å². The zero-order valence-corrected chi connectivity index (χ0v) is 16.3. The molecule has 10 nitrogen and oxygen atoms in total. The van der Waals surface area contributed by atoms with Crippen molar-refractivity contribution in [3.05, 3.63) is 0 Å². The second kappa shape index (κ2) is 11.2. The molecule has 1 atom stereocenters. The highest BCUT2D eigenvalue weighted by Crippen LogP contribution is 2.21. The fraction of sp³-hybridized carbons (Fsp3) is 0.733. The molecule has 29 heavy (non-hydrogen) atoms. The van der Waals surface area contributed by atoms with Gasteiger partial charge in [0.15, 0.2) is 0 Å². The fourth-order valence-corrected chi connectivity index (χ4v) is 3.90. The number of alkyl halides is 3. The number of carboxylic acid groups (broad SMARTS) is 1. The Kier molecular flexibility index (Phi) is 9.63. The van der Waals surface area contributed by atoms with Gasteiger partial charge in [-0.15, -0.1) is 11.8 Å². The van der Waals surface area contributed by atoms with E-state index in [4.69, 9.17) is 26.7 Å². The van der Waals surface area contributed by atoms with Gasteiger partial charge in [0.1, 0.15) is 6.04 Å². The molecule has 0 aromatic rings. The second-order valence-electron chi connectivity index (χ2n) is 6.46. The Balaban J connectivity index is 0.000000516. The summed E-state index contributed by atoms with van der Waals surface area (Å²) in [6.45, 7) is 1.88. The molecular weight excluding hydrogens is 417 g/mol. The third-order valence-electron chi connectivity index (χ3n) is 4.32. The van der Waals surface area contributed by atoms with Crippen LogP contribution in [0.2, 0.25) is 0 Å². The number of nitriles is 1. The van der Waals surface area contributed by atoms with Crippen molar-refractivity contribution in [1.82, 2.24) is 14.8 Å². The van der Waals surface area contributed by atoms with Crippen molar-refractivity contribution in [3.63, 3.8) is 0 Å². The minimum Gasteiger partial charge on any atom is -0.475 e. The summed E-state index contributed by atoms with van der Waals surface area (Å²) in [5, 5.41) is 17.7. The number of nitrogens with zero attached hydrogens (tertiary/aromatic N) is 4. The summed E-state index contributed by atoms with van der Waals surface area (Å²) in [5.41, 5.74) is 5.19. The number of amides is 2. The molecule has 0 aromatic heterocycles. The van der Waals surface area contributed by atoms with E-state index in [9.17, 15) is 22.8 Å². The Bertz CT molecular complexity index is 637. The molecule has 0 spiro atoms. The van der Waals surface area contributed by atoms with Gasteiger partial charge in [-0.3, -0.25) is 20.3 Å². The number of rotatable bonds is 5. The molecule has 2 aliphatic heterocycles. The van der Waals surface area contributed by atoms with E-state index in [0.717, 1.165) is 25.9 Å². The van der Waals surface area contributed by atoms with Crippen LogP contribution in [-0.4, -0.2) is 93.8 Å². The highest BCUT2D eigenvalue weighted by Gasteiger charge is 2.38. The Morgan fingerprint density at radius 1 is 1.28 bits per heavy atom. The number of hydrogen-bond acceptors (Lipinski definition) is 8. The summed E-state index contributed by atoms with van der Waals surface area (Å²) < 4.78 is 31.7. The van der Waals surface area contributed by atoms with Crippen molar-refractivity contribution in [3.8, 4) is 6.07 Å². The Morgan fingerprint density at radius 3 is 2.28 bits per heavy atom. The SMILES string of the molecule is N#C[C@@H]1CSCN1C(=O)CN(N)C1CCN(CC(N)=O)CC1.O=C(O)C(F)(F)F. The number of primary amides is 1. The number of likely N-dealkylation sites (tertiary alicyclic amines) is 1. The standard InChI is InChI=1S/C13H22N6O2S.C2HF3O2/c14-5-11-8-22-9-18(11)13(21)7-19(16)10-1-3-17(4-2-10)6-12(15)20;3-2(4,5)1(6)7/h10-11H,1-4,6-9,16H2,(H2,15,20);(H,6,7)/t11-;/m1./s1. The van der Waals surface area contributed by atoms with E-state index in [-0.39, 0.29) is 37.0 Å². The van der Waals surface area contributed by atoms with Gasteiger partial charge in [-0.25, -0.2) is 9.80 Å². The number of carbonyl (C=O) groups is 3. The molecule has 2 heterocycles. The number of hydrazine groups is 1. The number of carbonyl (C=O) groups excluding carboxylic acids is 2. The molecule has 2 amide bonds. The summed E-state index contributed by atoms with van der Waals surface area (Å²) in [7, 11) is 0. The molecule has 0 aromatic carbocycles. The molecule has 0 unspecified atom stereocenters. The van der Waals surface area contributed by atoms with Crippen LogP contribution >= 0.6 is 11.8 Å². The smallest absolute Gasteiger partial charge is 0.475 e. The second-order valence-corrected chi connectivity index (χ2v) is 7.46. The van der Waals surface area contributed by atoms with Crippen LogP contribution < -0.4 is 11.6 Å². The summed E-state index contributed by atoms with van der Waals surface area (Å²) >= 11 is 1.58. The van der Waals surface area contributed by atoms with Gasteiger partial charge in [-0.05, 0) is 12.8 Å². The van der Waals surface area contributed by atoms with Crippen LogP contribution in [0.4, 0.5) is 13.2 Å². The topological polar surface area (TPSA) is 157 Å². The molecule has 2 rings (SSSR count). The molecule has 0 radical (unpaired) electrons. The first-order valence-electron chi connectivity index (χ1n) is 8.54. The predicted molar refractivity (Wildman–Crippen MR) is 96.8 cm³/mol. The van der Waals surface area contributed by atoms with Gasteiger partial charge in [0.05, 0.1) is 25.0 Å². The van der Waals surface area contributed by atoms with Crippen LogP contribution in [0, 0.1) is 11.3 Å². The average molecular weight is 440 g/mol. The number of hydrogen-bond donors (Lipinski definition) is 3. The van der Waals surface area contributed by atoms with E-state index in [0.29, 0.717) is 11.6 Å². The van der Waals surface area contributed by atoms with Crippen molar-refractivity contribution < 1.29 is 32.7 Å². The lowest BCUT2D eigenvalue weighted by Gasteiger charge is -2.36. The number of halogens is 3. The molecule has 0 aliphatic carbocycles. The highest BCUT2D eigenvalue weighted by molar-refractivity contribution is 7.99. The van der Waals surface area contributed by atoms with Crippen LogP contribution in [-0.2, 0) is 14.4 Å². The lowest BCUT2D eigenvalue weighted by Crippen LogP contribution is -2.53. The molecule has 5 N–H and O–H groups in total. The minimum absolute atomic E-state index is 0.0985. The van der Waals surface area contributed by atoms with Crippen molar-refractivity contribution >= 4 is 29.5 Å². The molecule has 2 saturated heterocycles. The van der Waals surface area contributed by atoms with E-state index >= 15 is 0 Å². The summed E-state index contributed by atoms with van der Waals surface area (Å²) in [5.74, 6) is 4.08. The maximum Gasteiger partial charge on any atom is 0.490 e. The summed E-state index contributed by atoms with van der Waals surface area (Å²) in [6.07, 6.45) is -3.49. The van der Waals surface area contributed by atoms with Crippen molar-refractivity contribution in [2.24, 2.45) is 11.6 Å². The van der Waals surface area contributed by atoms with Crippen LogP contribution in [0.15, 0.2) is 0 Å². The molecule has 14 heteroatoms. The molecule has 0 saturated carbocycles. The van der Waals surface area contributed by atoms with E-state index < -0.39 is 12.1 Å². The van der Waals surface area contributed by atoms with Gasteiger partial charge in [0, 0.05) is 24.9 Å². The van der Waals surface area contributed by atoms with E-state index in [1.165, 1.54) is 0 Å². The van der Waals surface area contributed by atoms with Gasteiger partial charge in [0.25, 0.3) is 0 Å². The van der Waals surface area contributed by atoms with E-state index in [2.05, 4.69) is 6.07 Å². The van der Waals surface area contributed by atoms with E-state index in [1.54, 1.807) is 21.7 Å². The van der Waals surface area contributed by atoms with Crippen LogP contribution in [0.5, 0.6) is 0 Å². The molecule has 164 valence electrons. The highest BCUT2D eigenvalue weighted by atomic mass is 32.2. The molecule has 2 fully saturated rings. The predicted octanol–water partition coefficient (Wildman–Crippen LogP) is -0.830. The maximum absolute atomic E-state index is 12.2. The van der Waals surface area contributed by atoms with Gasteiger partial charge in [-0.2, -0.15) is 18.4 Å². The van der Waals surface area contributed by atoms with Gasteiger partial charge in [0.2, 0.25) is 11.8 Å². The van der Waals surface area contributed by atoms with Crippen molar-refractivity contribution in [1.29, 1.82) is 5.26 Å². The first-order chi connectivity index (χ1) is 13.5. The monoisotopic (exact) mass is 440 g/mol. The van der Waals surface area contributed by atoms with Gasteiger partial charge in [-0.1, -0.05) is 0 Å². The normalized spacial score (nSPS) is 20.7. The number of piperidine rings is 1. The number of aliphatic carboxylic acids is 1. The third-order valence-corrected chi connectivity index (χ3v) is 5.33. The van der Waals surface area contributed by atoms with Crippen LogP contribution in [0.1, 0.15) is 12.8 Å². The lowest BCUT2D eigenvalue weighted by atomic mass is 10.0. The van der Waals surface area contributed by atoms with Crippen LogP contribution in [0.3, 0.4) is 0 Å². The Labute approximate surface area is 169 Å². The zero-order valence-electron chi connectivity index (χ0n) is 15.5. The van der Waals surface area contributed by atoms with Crippen LogP contribution in [0.25, 0.3) is 0 Å². The Morgan fingerprint density at radius 2 is 1.83 bits per heavy atom. The summed E-state index contributed by atoms with van der Waals surface area (Å²) in [6, 6.07) is 1.92. The first-order valence-corrected chi connectivity index (χ1v) is 9.70. The molecule has 2 aliphatic rings. The minimum atomic E-state index is -5.08. The zero-order chi connectivity index (χ0) is 22.2.